The molecule has 152 valence electrons. The van der Waals surface area contributed by atoms with Crippen molar-refractivity contribution in [1.82, 2.24) is 9.97 Å². The first-order valence-electron chi connectivity index (χ1n) is 9.15. The minimum Gasteiger partial charge on any atom is -0.457 e. The molecule has 4 aromatic rings. The first-order valence-corrected chi connectivity index (χ1v) is 9.15. The van der Waals surface area contributed by atoms with Gasteiger partial charge in [-0.15, -0.1) is 0 Å². The zero-order valence-electron chi connectivity index (χ0n) is 16.2. The first-order chi connectivity index (χ1) is 14.5. The van der Waals surface area contributed by atoms with E-state index < -0.39 is 11.1 Å². The van der Waals surface area contributed by atoms with Gasteiger partial charge in [-0.1, -0.05) is 6.07 Å². The lowest BCUT2D eigenvalue weighted by Crippen LogP contribution is -2.11. The van der Waals surface area contributed by atoms with Crippen molar-refractivity contribution in [2.75, 3.05) is 6.61 Å². The highest BCUT2D eigenvalue weighted by Gasteiger charge is 2.18. The molecule has 0 radical (unpaired) electrons. The van der Waals surface area contributed by atoms with Crippen LogP contribution in [0, 0.1) is 17.0 Å². The molecule has 0 saturated carbocycles. The van der Waals surface area contributed by atoms with E-state index >= 15 is 0 Å². The molecule has 4 rings (SSSR count). The Kier molecular flexibility index (Phi) is 4.93. The number of nitro groups is 1. The average molecular weight is 407 g/mol. The molecule has 0 spiro atoms. The van der Waals surface area contributed by atoms with Crippen LogP contribution in [0.5, 0.6) is 17.4 Å². The number of nitrogens with zero attached hydrogens (tertiary/aromatic N) is 2. The predicted octanol–water partition coefficient (Wildman–Crippen LogP) is 5.26. The maximum atomic E-state index is 11.7. The summed E-state index contributed by atoms with van der Waals surface area (Å²) in [6.07, 6.45) is 0.752. The largest absolute Gasteiger partial charge is 0.515 e. The second-order valence-corrected chi connectivity index (χ2v) is 6.42. The second-order valence-electron chi connectivity index (χ2n) is 6.42. The van der Waals surface area contributed by atoms with E-state index in [2.05, 4.69) is 9.97 Å². The molecule has 30 heavy (non-hydrogen) atoms. The molecule has 0 saturated heterocycles. The first kappa shape index (κ1) is 19.2. The number of nitro benzene ring substituents is 1. The molecule has 0 aliphatic carbocycles. The number of rotatable bonds is 5. The molecule has 1 N–H and O–H groups in total. The van der Waals surface area contributed by atoms with Gasteiger partial charge in [-0.2, -0.15) is 0 Å². The lowest BCUT2D eigenvalue weighted by Gasteiger charge is -2.09. The van der Waals surface area contributed by atoms with Gasteiger partial charge in [-0.25, -0.2) is 9.78 Å². The van der Waals surface area contributed by atoms with Crippen LogP contribution in [0.25, 0.3) is 21.8 Å². The molecule has 0 atom stereocenters. The minimum atomic E-state index is -0.824. The van der Waals surface area contributed by atoms with E-state index in [4.69, 9.17) is 14.2 Å². The Labute approximate surface area is 170 Å². The molecule has 2 aromatic carbocycles. The maximum absolute atomic E-state index is 11.7. The summed E-state index contributed by atoms with van der Waals surface area (Å²) in [5.41, 5.74) is 2.18. The van der Waals surface area contributed by atoms with Crippen molar-refractivity contribution in [3.05, 3.63) is 64.3 Å². The number of carbonyl (C=O) groups excluding carboxylic acids is 1. The number of carbonyl (C=O) groups is 1. The minimum absolute atomic E-state index is 0.0182. The highest BCUT2D eigenvalue weighted by Crippen LogP contribution is 2.39. The average Bonchev–Trinajstić information content (AvgIpc) is 3.11. The Morgan fingerprint density at radius 3 is 2.60 bits per heavy atom. The van der Waals surface area contributed by atoms with Crippen LogP contribution < -0.4 is 9.47 Å². The molecule has 0 aliphatic heterocycles. The van der Waals surface area contributed by atoms with Crippen molar-refractivity contribution in [2.45, 2.75) is 13.8 Å². The topological polar surface area (TPSA) is 117 Å². The molecule has 0 aliphatic rings. The van der Waals surface area contributed by atoms with E-state index in [0.717, 1.165) is 21.8 Å². The summed E-state index contributed by atoms with van der Waals surface area (Å²) in [6, 6.07) is 11.4. The van der Waals surface area contributed by atoms with Gasteiger partial charge in [0.25, 0.3) is 5.69 Å². The van der Waals surface area contributed by atoms with E-state index in [0.29, 0.717) is 17.1 Å². The zero-order valence-corrected chi connectivity index (χ0v) is 16.2. The summed E-state index contributed by atoms with van der Waals surface area (Å²) in [5, 5.41) is 12.4. The van der Waals surface area contributed by atoms with Crippen molar-refractivity contribution in [1.29, 1.82) is 0 Å². The maximum Gasteiger partial charge on any atom is 0.515 e. The van der Waals surface area contributed by atoms with Crippen LogP contribution in [0.4, 0.5) is 10.5 Å². The van der Waals surface area contributed by atoms with Crippen molar-refractivity contribution in [2.24, 2.45) is 0 Å². The molecule has 0 unspecified atom stereocenters. The number of H-pyrrole nitrogens is 1. The van der Waals surface area contributed by atoms with Gasteiger partial charge in [0, 0.05) is 23.1 Å². The highest BCUT2D eigenvalue weighted by molar-refractivity contribution is 6.12. The smallest absolute Gasteiger partial charge is 0.457 e. The lowest BCUT2D eigenvalue weighted by molar-refractivity contribution is -0.384. The van der Waals surface area contributed by atoms with E-state index in [1.54, 1.807) is 26.1 Å². The van der Waals surface area contributed by atoms with Gasteiger partial charge in [0.05, 0.1) is 34.1 Å². The van der Waals surface area contributed by atoms with Crippen molar-refractivity contribution in [3.63, 3.8) is 0 Å². The Morgan fingerprint density at radius 1 is 1.13 bits per heavy atom. The Bertz CT molecular complexity index is 1260. The van der Waals surface area contributed by atoms with Crippen molar-refractivity contribution in [3.8, 4) is 17.4 Å². The molecule has 2 aromatic heterocycles. The van der Waals surface area contributed by atoms with Gasteiger partial charge < -0.3 is 19.2 Å². The number of pyridine rings is 1. The molecule has 0 amide bonds. The van der Waals surface area contributed by atoms with E-state index in [1.165, 1.54) is 24.3 Å². The number of benzene rings is 2. The van der Waals surface area contributed by atoms with Gasteiger partial charge in [0.1, 0.15) is 11.5 Å². The van der Waals surface area contributed by atoms with E-state index in [9.17, 15) is 14.9 Å². The van der Waals surface area contributed by atoms with Crippen molar-refractivity contribution >= 4 is 33.6 Å². The standard InChI is InChI=1S/C21H17N3O6/c1-3-28-21(25)30-20-12(2)18-16(11-22-20)23-15-5-4-6-17(19(15)18)29-14-9-7-13(8-10-14)24(26)27/h4-11,23H,3H2,1-2H3. The summed E-state index contributed by atoms with van der Waals surface area (Å²) in [4.78, 5) is 29.6. The second kappa shape index (κ2) is 7.70. The van der Waals surface area contributed by atoms with E-state index in [-0.39, 0.29) is 18.2 Å². The molecule has 9 heteroatoms. The summed E-state index contributed by atoms with van der Waals surface area (Å²) >= 11 is 0. The summed E-state index contributed by atoms with van der Waals surface area (Å²) in [7, 11) is 0. The van der Waals surface area contributed by atoms with Crippen molar-refractivity contribution < 1.29 is 23.9 Å². The molecule has 0 bridgehead atoms. The Balaban J connectivity index is 1.79. The number of hydrogen-bond acceptors (Lipinski definition) is 7. The van der Waals surface area contributed by atoms with Gasteiger partial charge in [-0.05, 0) is 38.1 Å². The monoisotopic (exact) mass is 407 g/mol. The summed E-state index contributed by atoms with van der Waals surface area (Å²) < 4.78 is 16.1. The molecular weight excluding hydrogens is 390 g/mol. The number of hydrogen-bond donors (Lipinski definition) is 1. The number of ether oxygens (including phenoxy) is 3. The number of nitrogens with one attached hydrogen (secondary N) is 1. The predicted molar refractivity (Wildman–Crippen MR) is 109 cm³/mol. The fourth-order valence-electron chi connectivity index (χ4n) is 3.23. The molecule has 0 fully saturated rings. The van der Waals surface area contributed by atoms with Crippen LogP contribution in [-0.2, 0) is 4.74 Å². The van der Waals surface area contributed by atoms with Gasteiger partial charge >= 0.3 is 6.16 Å². The summed E-state index contributed by atoms with van der Waals surface area (Å²) in [6.45, 7) is 3.67. The third-order valence-electron chi connectivity index (χ3n) is 4.54. The lowest BCUT2D eigenvalue weighted by atomic mass is 10.1. The third-order valence-corrected chi connectivity index (χ3v) is 4.54. The van der Waals surface area contributed by atoms with Crippen LogP contribution in [-0.4, -0.2) is 27.7 Å². The fraction of sp³-hybridized carbons (Fsp3) is 0.143. The number of fused-ring (bicyclic) bond motifs is 3. The zero-order chi connectivity index (χ0) is 21.3. The SMILES string of the molecule is CCOC(=O)Oc1ncc2[nH]c3cccc(Oc4ccc([N+](=O)[O-])cc4)c3c2c1C. The number of non-ortho nitro benzene ring substituents is 1. The van der Waals surface area contributed by atoms with Gasteiger partial charge in [0.2, 0.25) is 5.88 Å². The van der Waals surface area contributed by atoms with Gasteiger partial charge in [0.15, 0.2) is 0 Å². The van der Waals surface area contributed by atoms with Crippen LogP contribution in [0.1, 0.15) is 12.5 Å². The quantitative estimate of drug-likeness (QED) is 0.272. The summed E-state index contributed by atoms with van der Waals surface area (Å²) in [5.74, 6) is 1.15. The van der Waals surface area contributed by atoms with Crippen LogP contribution in [0.2, 0.25) is 0 Å². The van der Waals surface area contributed by atoms with Crippen LogP contribution in [0.3, 0.4) is 0 Å². The van der Waals surface area contributed by atoms with E-state index in [1.807, 2.05) is 12.1 Å². The third kappa shape index (κ3) is 3.48. The highest BCUT2D eigenvalue weighted by atomic mass is 16.7. The molecule has 2 heterocycles. The number of aromatic amines is 1. The van der Waals surface area contributed by atoms with Gasteiger partial charge in [-0.3, -0.25) is 10.1 Å². The van der Waals surface area contributed by atoms with Crippen LogP contribution in [0.15, 0.2) is 48.7 Å². The van der Waals surface area contributed by atoms with Crippen LogP contribution >= 0.6 is 0 Å². The fourth-order valence-corrected chi connectivity index (χ4v) is 3.23. The normalized spacial score (nSPS) is 10.9. The Hall–Kier alpha value is -4.14. The number of aryl methyl sites for hydroxylation is 1. The molecule has 9 nitrogen and oxygen atoms in total. The Morgan fingerprint density at radius 2 is 1.90 bits per heavy atom. The number of aromatic nitrogens is 2. The molecular formula is C21H17N3O6.